The van der Waals surface area contributed by atoms with E-state index in [-0.39, 0.29) is 0 Å². The molecule has 1 fully saturated rings. The maximum Gasteiger partial charge on any atom is 0.0720 e. The van der Waals surface area contributed by atoms with Crippen LogP contribution in [-0.4, -0.2) is 17.3 Å². The summed E-state index contributed by atoms with van der Waals surface area (Å²) in [6.45, 7) is 2.76. The fourth-order valence-electron chi connectivity index (χ4n) is 2.61. The van der Waals surface area contributed by atoms with Gasteiger partial charge in [-0.2, -0.15) is 0 Å². The highest BCUT2D eigenvalue weighted by atomic mass is 32.1. The quantitative estimate of drug-likeness (QED) is 0.584. The zero-order valence-electron chi connectivity index (χ0n) is 12.7. The van der Waals surface area contributed by atoms with Crippen molar-refractivity contribution in [2.45, 2.75) is 38.5 Å². The number of aryl methyl sites for hydroxylation is 1. The van der Waals surface area contributed by atoms with Gasteiger partial charge in [0.2, 0.25) is 0 Å². The molecule has 0 aliphatic heterocycles. The van der Waals surface area contributed by atoms with E-state index in [1.165, 1.54) is 22.3 Å². The van der Waals surface area contributed by atoms with Gasteiger partial charge in [0.05, 0.1) is 23.9 Å². The Hall–Kier alpha value is -1.80. The molecule has 0 atom stereocenters. The van der Waals surface area contributed by atoms with E-state index in [4.69, 9.17) is 4.74 Å². The minimum absolute atomic E-state index is 0.314. The minimum atomic E-state index is 0.314. The van der Waals surface area contributed by atoms with Gasteiger partial charge in [-0.1, -0.05) is 54.1 Å². The average molecular weight is 309 g/mol. The lowest BCUT2D eigenvalue weighted by atomic mass is 9.90. The second-order valence-electron chi connectivity index (χ2n) is 5.84. The van der Waals surface area contributed by atoms with Crippen LogP contribution >= 0.6 is 12.2 Å². The predicted molar refractivity (Wildman–Crippen MR) is 93.2 cm³/mol. The summed E-state index contributed by atoms with van der Waals surface area (Å²) < 4.78 is 5.88. The lowest BCUT2D eigenvalue weighted by Crippen LogP contribution is -2.34. The monoisotopic (exact) mass is 309 g/mol. The van der Waals surface area contributed by atoms with Crippen LogP contribution in [0.5, 0.6) is 0 Å². The van der Waals surface area contributed by atoms with Crippen LogP contribution in [0.2, 0.25) is 0 Å². The predicted octanol–water partition coefficient (Wildman–Crippen LogP) is 4.81. The van der Waals surface area contributed by atoms with Crippen LogP contribution in [0.15, 0.2) is 53.5 Å². The van der Waals surface area contributed by atoms with Crippen molar-refractivity contribution in [3.63, 3.8) is 0 Å². The molecule has 3 rings (SSSR count). The van der Waals surface area contributed by atoms with Crippen molar-refractivity contribution in [2.24, 2.45) is 4.99 Å². The zero-order chi connectivity index (χ0) is 15.4. The Bertz CT molecular complexity index is 666. The van der Waals surface area contributed by atoms with Gasteiger partial charge < -0.3 is 4.74 Å². The number of isothiocyanates is 1. The summed E-state index contributed by atoms with van der Waals surface area (Å²) >= 11 is 4.61. The summed E-state index contributed by atoms with van der Waals surface area (Å²) in [6, 6.07) is 17.5. The topological polar surface area (TPSA) is 21.6 Å². The molecule has 0 radical (unpaired) electrons. The van der Waals surface area contributed by atoms with Crippen LogP contribution < -0.4 is 0 Å². The number of hydrogen-bond donors (Lipinski definition) is 0. The van der Waals surface area contributed by atoms with E-state index in [1.807, 2.05) is 0 Å². The number of benzene rings is 2. The van der Waals surface area contributed by atoms with Crippen molar-refractivity contribution in [3.05, 3.63) is 59.7 Å². The second kappa shape index (κ2) is 6.97. The Morgan fingerprint density at radius 3 is 2.23 bits per heavy atom. The van der Waals surface area contributed by atoms with Gasteiger partial charge in [-0.15, -0.1) is 0 Å². The molecule has 1 saturated carbocycles. The number of hydrogen-bond acceptors (Lipinski definition) is 3. The molecule has 0 amide bonds. The van der Waals surface area contributed by atoms with Crippen LogP contribution in [0.25, 0.3) is 11.1 Å². The number of thiocarbonyl (C=S) groups is 1. The normalized spacial score (nSPS) is 20.0. The number of aliphatic imine (C=N–C) groups is 1. The van der Waals surface area contributed by atoms with Crippen molar-refractivity contribution in [1.82, 2.24) is 0 Å². The van der Waals surface area contributed by atoms with Crippen LogP contribution in [0.4, 0.5) is 0 Å². The molecule has 1 aliphatic carbocycles. The highest BCUT2D eigenvalue weighted by Crippen LogP contribution is 2.27. The van der Waals surface area contributed by atoms with E-state index in [2.05, 4.69) is 77.8 Å². The summed E-state index contributed by atoms with van der Waals surface area (Å²) in [7, 11) is 0. The Morgan fingerprint density at radius 1 is 1.05 bits per heavy atom. The summed E-state index contributed by atoms with van der Waals surface area (Å²) in [4.78, 5) is 4.07. The van der Waals surface area contributed by atoms with Crippen LogP contribution in [0.1, 0.15) is 24.0 Å². The minimum Gasteiger partial charge on any atom is -0.373 e. The molecule has 0 spiro atoms. The maximum absolute atomic E-state index is 5.88. The van der Waals surface area contributed by atoms with Crippen molar-refractivity contribution in [3.8, 4) is 11.1 Å². The van der Waals surface area contributed by atoms with Gasteiger partial charge in [0, 0.05) is 0 Å². The van der Waals surface area contributed by atoms with Crippen LogP contribution in [-0.2, 0) is 11.3 Å². The van der Waals surface area contributed by atoms with E-state index in [0.717, 1.165) is 12.8 Å². The Morgan fingerprint density at radius 2 is 1.64 bits per heavy atom. The first-order valence-corrected chi connectivity index (χ1v) is 8.00. The second-order valence-corrected chi connectivity index (χ2v) is 6.02. The first-order valence-electron chi connectivity index (χ1n) is 7.59. The summed E-state index contributed by atoms with van der Waals surface area (Å²) in [5.41, 5.74) is 4.98. The Kier molecular flexibility index (Phi) is 4.79. The molecule has 112 valence electrons. The van der Waals surface area contributed by atoms with Gasteiger partial charge in [-0.05, 0) is 48.7 Å². The number of rotatable bonds is 5. The molecule has 0 aromatic heterocycles. The first-order chi connectivity index (χ1) is 10.7. The molecular weight excluding hydrogens is 290 g/mol. The third-order valence-corrected chi connectivity index (χ3v) is 4.24. The highest BCUT2D eigenvalue weighted by Gasteiger charge is 2.29. The Balaban J connectivity index is 1.54. The number of nitrogens with zero attached hydrogens (tertiary/aromatic N) is 1. The zero-order valence-corrected chi connectivity index (χ0v) is 13.5. The van der Waals surface area contributed by atoms with E-state index in [1.54, 1.807) is 0 Å². The standard InChI is InChI=1S/C19H19NOS/c1-14-2-6-16(7-3-14)17-8-4-15(5-9-17)12-21-19-10-18(11-19)20-13-22/h2-9,18-19H,10-12H2,1H3. The number of ether oxygens (including phenoxy) is 1. The van der Waals surface area contributed by atoms with E-state index < -0.39 is 0 Å². The fraction of sp³-hybridized carbons (Fsp3) is 0.316. The molecule has 2 nitrogen and oxygen atoms in total. The average Bonchev–Trinajstić information content (AvgIpc) is 2.51. The van der Waals surface area contributed by atoms with Gasteiger partial charge >= 0.3 is 0 Å². The van der Waals surface area contributed by atoms with Crippen molar-refractivity contribution < 1.29 is 4.74 Å². The Labute approximate surface area is 136 Å². The largest absolute Gasteiger partial charge is 0.373 e. The molecule has 0 unspecified atom stereocenters. The molecule has 0 saturated heterocycles. The molecule has 0 N–H and O–H groups in total. The molecule has 1 aliphatic rings. The van der Waals surface area contributed by atoms with E-state index in [9.17, 15) is 0 Å². The summed E-state index contributed by atoms with van der Waals surface area (Å²) in [5.74, 6) is 0. The molecule has 22 heavy (non-hydrogen) atoms. The lowest BCUT2D eigenvalue weighted by Gasteiger charge is -2.31. The molecule has 0 heterocycles. The van der Waals surface area contributed by atoms with Crippen LogP contribution in [0, 0.1) is 6.92 Å². The molecule has 3 heteroatoms. The van der Waals surface area contributed by atoms with E-state index in [0.29, 0.717) is 18.8 Å². The van der Waals surface area contributed by atoms with Gasteiger partial charge in [0.25, 0.3) is 0 Å². The van der Waals surface area contributed by atoms with Crippen molar-refractivity contribution in [2.75, 3.05) is 0 Å². The van der Waals surface area contributed by atoms with E-state index >= 15 is 0 Å². The summed E-state index contributed by atoms with van der Waals surface area (Å²) in [6.07, 6.45) is 2.24. The van der Waals surface area contributed by atoms with Crippen molar-refractivity contribution >= 4 is 17.4 Å². The SMILES string of the molecule is Cc1ccc(-c2ccc(COC3CC(N=C=S)C3)cc2)cc1. The molecule has 2 aromatic rings. The molecular formula is C19H19NOS. The smallest absolute Gasteiger partial charge is 0.0720 e. The maximum atomic E-state index is 5.88. The van der Waals surface area contributed by atoms with Crippen LogP contribution in [0.3, 0.4) is 0 Å². The van der Waals surface area contributed by atoms with Crippen molar-refractivity contribution in [1.29, 1.82) is 0 Å². The lowest BCUT2D eigenvalue weighted by molar-refractivity contribution is -0.0182. The first kappa shape index (κ1) is 15.1. The van der Waals surface area contributed by atoms with Gasteiger partial charge in [-0.25, -0.2) is 4.99 Å². The molecule has 2 aromatic carbocycles. The fourth-order valence-corrected chi connectivity index (χ4v) is 2.76. The highest BCUT2D eigenvalue weighted by molar-refractivity contribution is 7.78. The summed E-state index contributed by atoms with van der Waals surface area (Å²) in [5, 5.41) is 2.44. The van der Waals surface area contributed by atoms with Gasteiger partial charge in [-0.3, -0.25) is 0 Å². The van der Waals surface area contributed by atoms with Gasteiger partial charge in [0.15, 0.2) is 0 Å². The third-order valence-electron chi connectivity index (χ3n) is 4.13. The third kappa shape index (κ3) is 3.69. The molecule has 0 bridgehead atoms. The van der Waals surface area contributed by atoms with Gasteiger partial charge in [0.1, 0.15) is 0 Å².